The molecule has 0 amide bonds. The van der Waals surface area contributed by atoms with Gasteiger partial charge in [-0.05, 0) is 67.1 Å². The van der Waals surface area contributed by atoms with Gasteiger partial charge in [-0.15, -0.1) is 0 Å². The first-order valence-electron chi connectivity index (χ1n) is 7.40. The maximum absolute atomic E-state index is 10.2. The Morgan fingerprint density at radius 1 is 1.06 bits per heavy atom. The summed E-state index contributed by atoms with van der Waals surface area (Å²) in [5.41, 5.74) is 5.71. The van der Waals surface area contributed by atoms with Crippen LogP contribution in [-0.4, -0.2) is 17.8 Å². The molecule has 4 saturated carbocycles. The summed E-state index contributed by atoms with van der Waals surface area (Å²) in [5.74, 6) is 4.50. The van der Waals surface area contributed by atoms with Crippen molar-refractivity contribution in [1.82, 2.24) is 0 Å². The van der Waals surface area contributed by atoms with Crippen LogP contribution in [0.25, 0.3) is 0 Å². The third kappa shape index (κ3) is 1.76. The Hall–Kier alpha value is -0.0800. The average molecular weight is 237 g/mol. The molecular formula is C15H27NO. The fraction of sp³-hybridized carbons (Fsp3) is 1.00. The van der Waals surface area contributed by atoms with Gasteiger partial charge in [0.05, 0.1) is 6.10 Å². The molecule has 17 heavy (non-hydrogen) atoms. The maximum Gasteiger partial charge on any atom is 0.0716 e. The summed E-state index contributed by atoms with van der Waals surface area (Å²) in [7, 11) is 0. The normalized spacial score (nSPS) is 46.2. The molecule has 0 heterocycles. The summed E-state index contributed by atoms with van der Waals surface area (Å²) in [5, 5.41) is 10.2. The lowest BCUT2D eigenvalue weighted by Gasteiger charge is -2.59. The molecule has 0 aromatic carbocycles. The molecule has 1 atom stereocenters. The summed E-state index contributed by atoms with van der Waals surface area (Å²) in [6.45, 7) is 4.91. The topological polar surface area (TPSA) is 46.2 Å². The Labute approximate surface area is 105 Å². The minimum atomic E-state index is -0.329. The largest absolute Gasteiger partial charge is 0.391 e. The minimum absolute atomic E-state index is 0.0113. The molecule has 4 bridgehead atoms. The van der Waals surface area contributed by atoms with E-state index in [1.807, 2.05) is 0 Å². The zero-order chi connectivity index (χ0) is 12.2. The number of hydrogen-bond donors (Lipinski definition) is 2. The molecule has 4 rings (SSSR count). The van der Waals surface area contributed by atoms with Crippen molar-refractivity contribution in [3.8, 4) is 0 Å². The average Bonchev–Trinajstić information content (AvgIpc) is 2.25. The number of rotatable bonds is 3. The van der Waals surface area contributed by atoms with Crippen LogP contribution in [0.1, 0.15) is 46.0 Å². The minimum Gasteiger partial charge on any atom is -0.391 e. The zero-order valence-corrected chi connectivity index (χ0v) is 11.2. The first kappa shape index (κ1) is 12.0. The van der Waals surface area contributed by atoms with E-state index in [-0.39, 0.29) is 11.5 Å². The van der Waals surface area contributed by atoms with Crippen molar-refractivity contribution in [3.05, 3.63) is 0 Å². The van der Waals surface area contributed by atoms with E-state index in [1.165, 1.54) is 32.1 Å². The van der Waals surface area contributed by atoms with E-state index in [0.717, 1.165) is 23.7 Å². The van der Waals surface area contributed by atoms with Crippen LogP contribution in [0, 0.1) is 35.0 Å². The van der Waals surface area contributed by atoms with E-state index in [4.69, 9.17) is 5.73 Å². The Balaban J connectivity index is 1.84. The van der Waals surface area contributed by atoms with Gasteiger partial charge in [0, 0.05) is 6.54 Å². The molecule has 2 heteroatoms. The monoisotopic (exact) mass is 237 g/mol. The van der Waals surface area contributed by atoms with Crippen molar-refractivity contribution in [2.45, 2.75) is 52.1 Å². The molecule has 0 radical (unpaired) electrons. The standard InChI is InChI=1S/C15H27NO/c1-15(2,13(17)8-16)14-11-4-9-3-10(6-11)7-12(14)5-9/h9-14,17H,3-8,16H2,1-2H3. The first-order chi connectivity index (χ1) is 8.02. The predicted octanol–water partition coefficient (Wildman–Crippen LogP) is 2.40. The Morgan fingerprint density at radius 3 is 1.94 bits per heavy atom. The van der Waals surface area contributed by atoms with Crippen LogP contribution in [-0.2, 0) is 0 Å². The van der Waals surface area contributed by atoms with Crippen molar-refractivity contribution < 1.29 is 5.11 Å². The van der Waals surface area contributed by atoms with E-state index < -0.39 is 0 Å². The molecule has 4 fully saturated rings. The molecular weight excluding hydrogens is 210 g/mol. The van der Waals surface area contributed by atoms with Gasteiger partial charge >= 0.3 is 0 Å². The van der Waals surface area contributed by atoms with Crippen molar-refractivity contribution in [2.75, 3.05) is 6.54 Å². The van der Waals surface area contributed by atoms with Gasteiger partial charge in [0.1, 0.15) is 0 Å². The predicted molar refractivity (Wildman–Crippen MR) is 69.4 cm³/mol. The van der Waals surface area contributed by atoms with Gasteiger partial charge in [0.2, 0.25) is 0 Å². The zero-order valence-electron chi connectivity index (χ0n) is 11.2. The lowest BCUT2D eigenvalue weighted by atomic mass is 9.46. The summed E-state index contributed by atoms with van der Waals surface area (Å²) < 4.78 is 0. The van der Waals surface area contributed by atoms with Gasteiger partial charge in [-0.1, -0.05) is 13.8 Å². The lowest BCUT2D eigenvalue weighted by molar-refractivity contribution is -0.121. The quantitative estimate of drug-likeness (QED) is 0.792. The van der Waals surface area contributed by atoms with Gasteiger partial charge in [-0.25, -0.2) is 0 Å². The lowest BCUT2D eigenvalue weighted by Crippen LogP contribution is -2.54. The van der Waals surface area contributed by atoms with E-state index in [0.29, 0.717) is 12.5 Å². The number of nitrogens with two attached hydrogens (primary N) is 1. The third-order valence-electron chi connectivity index (χ3n) is 6.17. The van der Waals surface area contributed by atoms with Crippen molar-refractivity contribution in [2.24, 2.45) is 40.7 Å². The van der Waals surface area contributed by atoms with E-state index in [9.17, 15) is 5.11 Å². The van der Waals surface area contributed by atoms with Gasteiger partial charge in [0.25, 0.3) is 0 Å². The molecule has 0 aromatic rings. The fourth-order valence-electron chi connectivity index (χ4n) is 5.67. The highest BCUT2D eigenvalue weighted by atomic mass is 16.3. The molecule has 2 nitrogen and oxygen atoms in total. The smallest absolute Gasteiger partial charge is 0.0716 e. The number of aliphatic hydroxyl groups is 1. The van der Waals surface area contributed by atoms with Crippen LogP contribution in [0.2, 0.25) is 0 Å². The fourth-order valence-corrected chi connectivity index (χ4v) is 5.67. The maximum atomic E-state index is 10.2. The van der Waals surface area contributed by atoms with Crippen LogP contribution in [0.3, 0.4) is 0 Å². The van der Waals surface area contributed by atoms with Gasteiger partial charge in [-0.2, -0.15) is 0 Å². The van der Waals surface area contributed by atoms with Crippen LogP contribution in [0.15, 0.2) is 0 Å². The summed E-state index contributed by atoms with van der Waals surface area (Å²) in [6, 6.07) is 0. The van der Waals surface area contributed by atoms with Crippen LogP contribution >= 0.6 is 0 Å². The molecule has 0 spiro atoms. The van der Waals surface area contributed by atoms with Gasteiger partial charge in [0.15, 0.2) is 0 Å². The molecule has 4 aliphatic carbocycles. The second kappa shape index (κ2) is 3.96. The van der Waals surface area contributed by atoms with Crippen LogP contribution in [0.5, 0.6) is 0 Å². The third-order valence-corrected chi connectivity index (χ3v) is 6.17. The summed E-state index contributed by atoms with van der Waals surface area (Å²) in [4.78, 5) is 0. The second-order valence-electron chi connectivity index (χ2n) is 7.53. The number of aliphatic hydroxyl groups excluding tert-OH is 1. The van der Waals surface area contributed by atoms with Crippen molar-refractivity contribution >= 4 is 0 Å². The summed E-state index contributed by atoms with van der Waals surface area (Å²) >= 11 is 0. The molecule has 1 unspecified atom stereocenters. The van der Waals surface area contributed by atoms with Crippen molar-refractivity contribution in [3.63, 3.8) is 0 Å². The second-order valence-corrected chi connectivity index (χ2v) is 7.53. The van der Waals surface area contributed by atoms with Crippen LogP contribution in [0.4, 0.5) is 0 Å². The van der Waals surface area contributed by atoms with Crippen molar-refractivity contribution in [1.29, 1.82) is 0 Å². The molecule has 4 aliphatic rings. The van der Waals surface area contributed by atoms with E-state index in [2.05, 4.69) is 13.8 Å². The van der Waals surface area contributed by atoms with E-state index >= 15 is 0 Å². The number of hydrogen-bond acceptors (Lipinski definition) is 2. The van der Waals surface area contributed by atoms with E-state index in [1.54, 1.807) is 0 Å². The highest BCUT2D eigenvalue weighted by molar-refractivity contribution is 5.03. The SMILES string of the molecule is CC(C)(C(O)CN)C1C2CC3CC(C2)CC1C3. The molecule has 0 saturated heterocycles. The van der Waals surface area contributed by atoms with Crippen LogP contribution < -0.4 is 5.73 Å². The van der Waals surface area contributed by atoms with Gasteiger partial charge < -0.3 is 10.8 Å². The summed E-state index contributed by atoms with van der Waals surface area (Å²) in [6.07, 6.45) is 6.89. The highest BCUT2D eigenvalue weighted by Gasteiger charge is 2.54. The molecule has 3 N–H and O–H groups in total. The Morgan fingerprint density at radius 2 is 1.53 bits per heavy atom. The first-order valence-corrected chi connectivity index (χ1v) is 7.40. The molecule has 0 aliphatic heterocycles. The Kier molecular flexibility index (Phi) is 2.79. The van der Waals surface area contributed by atoms with Gasteiger partial charge in [-0.3, -0.25) is 0 Å². The highest BCUT2D eigenvalue weighted by Crippen LogP contribution is 2.61. The molecule has 98 valence electrons. The Bertz CT molecular complexity index is 271. The molecule has 0 aromatic heterocycles.